The normalized spacial score (nSPS) is 11.1. The predicted molar refractivity (Wildman–Crippen MR) is 117 cm³/mol. The Morgan fingerprint density at radius 2 is 1.66 bits per heavy atom. The van der Waals surface area contributed by atoms with Gasteiger partial charge in [-0.25, -0.2) is 0 Å². The Morgan fingerprint density at radius 1 is 1.00 bits per heavy atom. The lowest BCUT2D eigenvalue weighted by atomic mass is 10.1. The molecule has 0 bridgehead atoms. The second kappa shape index (κ2) is 9.57. The van der Waals surface area contributed by atoms with Crippen LogP contribution in [0.3, 0.4) is 0 Å². The topological polar surface area (TPSA) is 43.3 Å². The molecule has 0 unspecified atom stereocenters. The third-order valence-corrected chi connectivity index (χ3v) is 5.13. The summed E-state index contributed by atoms with van der Waals surface area (Å²) in [5, 5.41) is 3.08. The highest BCUT2D eigenvalue weighted by Gasteiger charge is 2.16. The molecule has 0 saturated carbocycles. The minimum Gasteiger partial charge on any atom is -0.374 e. The third kappa shape index (κ3) is 5.36. The second-order valence-corrected chi connectivity index (χ2v) is 7.67. The summed E-state index contributed by atoms with van der Waals surface area (Å²) in [5.74, 6) is -0.0445. The first-order valence-corrected chi connectivity index (χ1v) is 10.1. The van der Waals surface area contributed by atoms with Crippen LogP contribution in [-0.4, -0.2) is 16.6 Å². The van der Waals surface area contributed by atoms with Gasteiger partial charge in [0.25, 0.3) is 5.91 Å². The molecule has 152 valence electrons. The molecule has 2 aromatic carbocycles. The number of hydrogen-bond acceptors (Lipinski definition) is 2. The number of aromatic nitrogens is 1. The molecule has 0 saturated heterocycles. The van der Waals surface area contributed by atoms with E-state index in [2.05, 4.69) is 28.1 Å². The van der Waals surface area contributed by atoms with Gasteiger partial charge < -0.3 is 14.6 Å². The van der Waals surface area contributed by atoms with E-state index in [1.54, 1.807) is 0 Å². The van der Waals surface area contributed by atoms with E-state index in [1.165, 1.54) is 5.56 Å². The average molecular weight is 391 g/mol. The first-order chi connectivity index (χ1) is 14.0. The zero-order valence-corrected chi connectivity index (χ0v) is 17.7. The van der Waals surface area contributed by atoms with Crippen LogP contribution in [-0.2, 0) is 24.4 Å². The molecule has 4 nitrogen and oxygen atoms in total. The monoisotopic (exact) mass is 390 g/mol. The minimum atomic E-state index is -0.0445. The van der Waals surface area contributed by atoms with E-state index in [0.717, 1.165) is 34.6 Å². The molecule has 0 aliphatic rings. The van der Waals surface area contributed by atoms with Gasteiger partial charge in [-0.3, -0.25) is 4.79 Å². The summed E-state index contributed by atoms with van der Waals surface area (Å²) >= 11 is 0. The van der Waals surface area contributed by atoms with E-state index in [1.807, 2.05) is 70.2 Å². The van der Waals surface area contributed by atoms with E-state index >= 15 is 0 Å². The van der Waals surface area contributed by atoms with Gasteiger partial charge in [0.05, 0.1) is 18.3 Å². The van der Waals surface area contributed by atoms with Gasteiger partial charge in [0.15, 0.2) is 0 Å². The van der Waals surface area contributed by atoms with Crippen LogP contribution in [0, 0.1) is 13.8 Å². The van der Waals surface area contributed by atoms with Gasteiger partial charge in [-0.2, -0.15) is 0 Å². The number of ether oxygens (including phenoxy) is 1. The molecule has 4 heteroatoms. The molecule has 1 N–H and O–H groups in total. The van der Waals surface area contributed by atoms with Crippen molar-refractivity contribution < 1.29 is 9.53 Å². The van der Waals surface area contributed by atoms with Crippen LogP contribution in [0.15, 0.2) is 60.7 Å². The second-order valence-electron chi connectivity index (χ2n) is 7.67. The molecule has 0 spiro atoms. The molecule has 0 atom stereocenters. The van der Waals surface area contributed by atoms with Crippen LogP contribution >= 0.6 is 0 Å². The fraction of sp³-hybridized carbons (Fsp3) is 0.320. The van der Waals surface area contributed by atoms with Crippen LogP contribution in [0.2, 0.25) is 0 Å². The highest BCUT2D eigenvalue weighted by molar-refractivity contribution is 5.95. The molecular formula is C25H30N2O2. The van der Waals surface area contributed by atoms with Crippen molar-refractivity contribution in [2.45, 2.75) is 53.5 Å². The van der Waals surface area contributed by atoms with Crippen molar-refractivity contribution in [3.8, 4) is 0 Å². The molecule has 0 aliphatic carbocycles. The largest absolute Gasteiger partial charge is 0.374 e. The number of rotatable bonds is 8. The zero-order valence-electron chi connectivity index (χ0n) is 17.7. The van der Waals surface area contributed by atoms with Crippen molar-refractivity contribution in [1.82, 2.24) is 9.88 Å². The average Bonchev–Trinajstić information content (AvgIpc) is 3.00. The molecular weight excluding hydrogens is 360 g/mol. The molecule has 1 heterocycles. The number of carbonyl (C=O) groups is 1. The van der Waals surface area contributed by atoms with Crippen molar-refractivity contribution in [2.24, 2.45) is 0 Å². The molecule has 0 aliphatic heterocycles. The Morgan fingerprint density at radius 3 is 2.34 bits per heavy atom. The number of nitrogens with zero attached hydrogens (tertiary/aromatic N) is 1. The maximum atomic E-state index is 12.9. The van der Waals surface area contributed by atoms with E-state index in [0.29, 0.717) is 13.2 Å². The van der Waals surface area contributed by atoms with Crippen LogP contribution in [0.1, 0.15) is 52.3 Å². The van der Waals surface area contributed by atoms with Gasteiger partial charge in [0, 0.05) is 24.5 Å². The fourth-order valence-corrected chi connectivity index (χ4v) is 3.44. The fourth-order valence-electron chi connectivity index (χ4n) is 3.44. The Hall–Kier alpha value is -2.85. The molecule has 1 amide bonds. The maximum Gasteiger partial charge on any atom is 0.253 e. The van der Waals surface area contributed by atoms with Gasteiger partial charge in [-0.05, 0) is 50.5 Å². The molecule has 0 radical (unpaired) electrons. The molecule has 29 heavy (non-hydrogen) atoms. The smallest absolute Gasteiger partial charge is 0.253 e. The third-order valence-electron chi connectivity index (χ3n) is 5.13. The Labute approximate surface area is 173 Å². The van der Waals surface area contributed by atoms with Crippen LogP contribution in [0.25, 0.3) is 0 Å². The summed E-state index contributed by atoms with van der Waals surface area (Å²) in [7, 11) is 0. The highest BCUT2D eigenvalue weighted by atomic mass is 16.5. The first-order valence-electron chi connectivity index (χ1n) is 10.1. The highest BCUT2D eigenvalue weighted by Crippen LogP contribution is 2.18. The molecule has 1 aromatic heterocycles. The summed E-state index contributed by atoms with van der Waals surface area (Å²) in [6.45, 7) is 9.90. The van der Waals surface area contributed by atoms with E-state index in [4.69, 9.17) is 4.74 Å². The number of amides is 1. The number of hydrogen-bond donors (Lipinski definition) is 1. The van der Waals surface area contributed by atoms with E-state index in [-0.39, 0.29) is 12.0 Å². The number of carbonyl (C=O) groups excluding carboxylic acids is 1. The van der Waals surface area contributed by atoms with Crippen LogP contribution < -0.4 is 5.32 Å². The first kappa shape index (κ1) is 20.9. The number of aryl methyl sites for hydroxylation is 1. The van der Waals surface area contributed by atoms with Crippen LogP contribution in [0.5, 0.6) is 0 Å². The van der Waals surface area contributed by atoms with Gasteiger partial charge in [0.1, 0.15) is 0 Å². The zero-order chi connectivity index (χ0) is 20.8. The van der Waals surface area contributed by atoms with Crippen molar-refractivity contribution in [1.29, 1.82) is 0 Å². The minimum absolute atomic E-state index is 0.0445. The van der Waals surface area contributed by atoms with Crippen LogP contribution in [0.4, 0.5) is 0 Å². The Kier molecular flexibility index (Phi) is 6.89. The van der Waals surface area contributed by atoms with Gasteiger partial charge in [-0.15, -0.1) is 0 Å². The number of nitrogens with one attached hydrogen (secondary N) is 1. The lowest BCUT2D eigenvalue weighted by Crippen LogP contribution is -2.24. The molecule has 3 rings (SSSR count). The summed E-state index contributed by atoms with van der Waals surface area (Å²) in [6.07, 6.45) is 0.174. The van der Waals surface area contributed by atoms with E-state index < -0.39 is 0 Å². The lowest BCUT2D eigenvalue weighted by Gasteiger charge is -2.13. The van der Waals surface area contributed by atoms with Gasteiger partial charge in [0.2, 0.25) is 0 Å². The Balaban J connectivity index is 1.70. The summed E-state index contributed by atoms with van der Waals surface area (Å²) < 4.78 is 7.93. The van der Waals surface area contributed by atoms with Crippen molar-refractivity contribution >= 4 is 5.91 Å². The van der Waals surface area contributed by atoms with Crippen molar-refractivity contribution in [3.05, 3.63) is 94.3 Å². The van der Waals surface area contributed by atoms with E-state index in [9.17, 15) is 4.79 Å². The maximum absolute atomic E-state index is 12.9. The summed E-state index contributed by atoms with van der Waals surface area (Å²) in [4.78, 5) is 12.9. The SMILES string of the molecule is Cc1cc(C(=O)NCc2ccccc2COC(C)C)c(C)n1Cc1ccccc1. The predicted octanol–water partition coefficient (Wildman–Crippen LogP) is 5.01. The lowest BCUT2D eigenvalue weighted by molar-refractivity contribution is 0.0651. The van der Waals surface area contributed by atoms with Crippen molar-refractivity contribution in [3.63, 3.8) is 0 Å². The summed E-state index contributed by atoms with van der Waals surface area (Å²) in [5.41, 5.74) is 6.22. The standard InChI is InChI=1S/C25H30N2O2/c1-18(2)29-17-23-13-9-8-12-22(23)15-26-25(28)24-14-19(3)27(20(24)4)16-21-10-6-5-7-11-21/h5-14,18H,15-17H2,1-4H3,(H,26,28). The van der Waals surface area contributed by atoms with Crippen molar-refractivity contribution in [2.75, 3.05) is 0 Å². The quantitative estimate of drug-likeness (QED) is 0.588. The van der Waals surface area contributed by atoms with Gasteiger partial charge in [-0.1, -0.05) is 54.6 Å². The molecule has 0 fully saturated rings. The Bertz CT molecular complexity index is 958. The van der Waals surface area contributed by atoms with Gasteiger partial charge >= 0.3 is 0 Å². The molecule has 3 aromatic rings. The number of benzene rings is 2. The summed E-state index contributed by atoms with van der Waals surface area (Å²) in [6, 6.07) is 20.4.